The summed E-state index contributed by atoms with van der Waals surface area (Å²) in [6.45, 7) is 0. The summed E-state index contributed by atoms with van der Waals surface area (Å²) >= 11 is 0. The van der Waals surface area contributed by atoms with Gasteiger partial charge in [0.25, 0.3) is 0 Å². The van der Waals surface area contributed by atoms with Crippen LogP contribution in [0.15, 0.2) is 12.4 Å². The fourth-order valence-corrected chi connectivity index (χ4v) is 1.10. The van der Waals surface area contributed by atoms with Crippen molar-refractivity contribution in [1.29, 1.82) is 10.5 Å². The maximum atomic E-state index is 8.75. The predicted molar refractivity (Wildman–Crippen MR) is 43.3 cm³/mol. The molecule has 0 fully saturated rings. The zero-order chi connectivity index (χ0) is 9.26. The van der Waals surface area contributed by atoms with Crippen LogP contribution in [0.4, 0.5) is 0 Å². The number of fused-ring (bicyclic) bond motifs is 1. The number of aromatic nitrogens is 3. The first kappa shape index (κ1) is 7.26. The molecule has 0 amide bonds. The minimum atomic E-state index is 0.212. The molecule has 13 heavy (non-hydrogen) atoms. The SMILES string of the molecule is N#Cc1[nH]c2nccnc2c1C#N. The lowest BCUT2D eigenvalue weighted by molar-refractivity contribution is 1.25. The van der Waals surface area contributed by atoms with Crippen LogP contribution in [-0.2, 0) is 0 Å². The van der Waals surface area contributed by atoms with Crippen LogP contribution in [0.1, 0.15) is 11.3 Å². The number of nitrogens with one attached hydrogen (secondary N) is 1. The predicted octanol–water partition coefficient (Wildman–Crippen LogP) is 0.701. The second-order valence-corrected chi connectivity index (χ2v) is 2.35. The molecule has 0 radical (unpaired) electrons. The number of rotatable bonds is 0. The Hall–Kier alpha value is -2.40. The Morgan fingerprint density at radius 1 is 1.15 bits per heavy atom. The molecule has 2 aromatic rings. The summed E-state index contributed by atoms with van der Waals surface area (Å²) < 4.78 is 0. The van der Waals surface area contributed by atoms with Crippen molar-refractivity contribution in [2.75, 3.05) is 0 Å². The van der Waals surface area contributed by atoms with Crippen LogP contribution in [0.2, 0.25) is 0 Å². The first-order chi connectivity index (χ1) is 6.36. The van der Waals surface area contributed by atoms with Crippen molar-refractivity contribution in [3.05, 3.63) is 23.7 Å². The molecule has 0 bridgehead atoms. The molecule has 0 aliphatic carbocycles. The van der Waals surface area contributed by atoms with E-state index >= 15 is 0 Å². The van der Waals surface area contributed by atoms with Crippen LogP contribution in [-0.4, -0.2) is 15.0 Å². The van der Waals surface area contributed by atoms with Gasteiger partial charge in [0.15, 0.2) is 5.65 Å². The van der Waals surface area contributed by atoms with Crippen LogP contribution in [0.25, 0.3) is 11.2 Å². The molecular formula is C8H3N5. The molecule has 0 aliphatic heterocycles. The van der Waals surface area contributed by atoms with Gasteiger partial charge in [-0.15, -0.1) is 0 Å². The van der Waals surface area contributed by atoms with Crippen molar-refractivity contribution >= 4 is 11.2 Å². The third-order valence-corrected chi connectivity index (χ3v) is 1.65. The van der Waals surface area contributed by atoms with E-state index in [0.717, 1.165) is 0 Å². The smallest absolute Gasteiger partial charge is 0.158 e. The second-order valence-electron chi connectivity index (χ2n) is 2.35. The summed E-state index contributed by atoms with van der Waals surface area (Å²) in [5.74, 6) is 0. The molecule has 0 atom stereocenters. The van der Waals surface area contributed by atoms with Crippen molar-refractivity contribution in [2.24, 2.45) is 0 Å². The summed E-state index contributed by atoms with van der Waals surface area (Å²) in [7, 11) is 0. The fourth-order valence-electron chi connectivity index (χ4n) is 1.10. The third kappa shape index (κ3) is 0.916. The minimum absolute atomic E-state index is 0.212. The summed E-state index contributed by atoms with van der Waals surface area (Å²) in [5.41, 5.74) is 1.38. The highest BCUT2D eigenvalue weighted by molar-refractivity contribution is 5.81. The van der Waals surface area contributed by atoms with E-state index in [-0.39, 0.29) is 11.3 Å². The highest BCUT2D eigenvalue weighted by Crippen LogP contribution is 2.15. The molecule has 60 valence electrons. The number of nitrogens with zero attached hydrogens (tertiary/aromatic N) is 4. The van der Waals surface area contributed by atoms with Gasteiger partial charge >= 0.3 is 0 Å². The van der Waals surface area contributed by atoms with Gasteiger partial charge in [-0.25, -0.2) is 9.97 Å². The average Bonchev–Trinajstić information content (AvgIpc) is 2.55. The topological polar surface area (TPSA) is 89.2 Å². The minimum Gasteiger partial charge on any atom is -0.329 e. The van der Waals surface area contributed by atoms with E-state index in [4.69, 9.17) is 10.5 Å². The molecule has 5 nitrogen and oxygen atoms in total. The number of aromatic amines is 1. The Kier molecular flexibility index (Phi) is 1.44. The first-order valence-electron chi connectivity index (χ1n) is 3.49. The zero-order valence-corrected chi connectivity index (χ0v) is 6.44. The molecule has 2 rings (SSSR count). The Morgan fingerprint density at radius 3 is 2.62 bits per heavy atom. The van der Waals surface area contributed by atoms with Gasteiger partial charge in [-0.2, -0.15) is 10.5 Å². The Bertz CT molecular complexity index is 540. The second kappa shape index (κ2) is 2.58. The summed E-state index contributed by atoms with van der Waals surface area (Å²) in [5, 5.41) is 17.4. The largest absolute Gasteiger partial charge is 0.329 e. The van der Waals surface area contributed by atoms with Gasteiger partial charge in [-0.3, -0.25) is 0 Å². The van der Waals surface area contributed by atoms with Crippen LogP contribution in [0, 0.1) is 22.7 Å². The Morgan fingerprint density at radius 2 is 1.92 bits per heavy atom. The van der Waals surface area contributed by atoms with Crippen LogP contribution in [0.5, 0.6) is 0 Å². The third-order valence-electron chi connectivity index (χ3n) is 1.65. The van der Waals surface area contributed by atoms with Crippen molar-refractivity contribution in [3.8, 4) is 12.1 Å². The fraction of sp³-hybridized carbons (Fsp3) is 0. The highest BCUT2D eigenvalue weighted by Gasteiger charge is 2.11. The van der Waals surface area contributed by atoms with Gasteiger partial charge in [0.1, 0.15) is 28.9 Å². The van der Waals surface area contributed by atoms with E-state index in [0.29, 0.717) is 11.2 Å². The number of nitriles is 2. The van der Waals surface area contributed by atoms with E-state index in [9.17, 15) is 0 Å². The molecule has 1 N–H and O–H groups in total. The van der Waals surface area contributed by atoms with E-state index in [1.165, 1.54) is 12.4 Å². The normalized spacial score (nSPS) is 9.38. The quantitative estimate of drug-likeness (QED) is 0.628. The van der Waals surface area contributed by atoms with Crippen LogP contribution >= 0.6 is 0 Å². The molecule has 0 unspecified atom stereocenters. The molecule has 0 aromatic carbocycles. The van der Waals surface area contributed by atoms with Gasteiger partial charge in [0.2, 0.25) is 0 Å². The lowest BCUT2D eigenvalue weighted by atomic mass is 10.2. The number of hydrogen-bond donors (Lipinski definition) is 1. The van der Waals surface area contributed by atoms with E-state index < -0.39 is 0 Å². The van der Waals surface area contributed by atoms with Crippen molar-refractivity contribution in [1.82, 2.24) is 15.0 Å². The van der Waals surface area contributed by atoms with Crippen LogP contribution < -0.4 is 0 Å². The van der Waals surface area contributed by atoms with Crippen molar-refractivity contribution in [2.45, 2.75) is 0 Å². The molecule has 0 saturated heterocycles. The zero-order valence-electron chi connectivity index (χ0n) is 6.44. The van der Waals surface area contributed by atoms with Gasteiger partial charge in [0.05, 0.1) is 0 Å². The molecule has 0 aliphatic rings. The molecule has 2 heterocycles. The maximum Gasteiger partial charge on any atom is 0.158 e. The van der Waals surface area contributed by atoms with E-state index in [1.54, 1.807) is 0 Å². The lowest BCUT2D eigenvalue weighted by Gasteiger charge is -1.83. The summed E-state index contributed by atoms with van der Waals surface area (Å²) in [6, 6.07) is 3.79. The number of H-pyrrole nitrogens is 1. The van der Waals surface area contributed by atoms with E-state index in [2.05, 4.69) is 15.0 Å². The Labute approximate surface area is 73.3 Å². The monoisotopic (exact) mass is 169 g/mol. The van der Waals surface area contributed by atoms with Crippen LogP contribution in [0.3, 0.4) is 0 Å². The van der Waals surface area contributed by atoms with E-state index in [1.807, 2.05) is 12.1 Å². The average molecular weight is 169 g/mol. The standard InChI is InChI=1S/C8H3N5/c9-3-5-6(4-10)13-8-7(5)11-1-2-12-8/h1-2H,(H,12,13). The van der Waals surface area contributed by atoms with Gasteiger partial charge in [0, 0.05) is 12.4 Å². The molecule has 5 heteroatoms. The summed E-state index contributed by atoms with van der Waals surface area (Å²) in [6.07, 6.45) is 2.99. The molecule has 0 saturated carbocycles. The maximum absolute atomic E-state index is 8.75. The van der Waals surface area contributed by atoms with Gasteiger partial charge in [-0.1, -0.05) is 0 Å². The molecule has 2 aromatic heterocycles. The molecular weight excluding hydrogens is 166 g/mol. The number of hydrogen-bond acceptors (Lipinski definition) is 4. The van der Waals surface area contributed by atoms with Crippen molar-refractivity contribution in [3.63, 3.8) is 0 Å². The van der Waals surface area contributed by atoms with Gasteiger partial charge < -0.3 is 4.98 Å². The van der Waals surface area contributed by atoms with Crippen molar-refractivity contribution < 1.29 is 0 Å². The Balaban J connectivity index is 2.93. The lowest BCUT2D eigenvalue weighted by Crippen LogP contribution is -1.79. The summed E-state index contributed by atoms with van der Waals surface area (Å²) in [4.78, 5) is 10.6. The first-order valence-corrected chi connectivity index (χ1v) is 3.49. The van der Waals surface area contributed by atoms with Gasteiger partial charge in [-0.05, 0) is 0 Å². The highest BCUT2D eigenvalue weighted by atomic mass is 14.9. The molecule has 0 spiro atoms.